The fraction of sp³-hybridized carbons (Fsp3) is 0.208. The monoisotopic (exact) mass is 448 g/mol. The Labute approximate surface area is 187 Å². The van der Waals surface area contributed by atoms with Gasteiger partial charge in [0.05, 0.1) is 10.6 Å². The van der Waals surface area contributed by atoms with Crippen molar-refractivity contribution in [3.05, 3.63) is 96.3 Å². The van der Waals surface area contributed by atoms with Gasteiger partial charge in [0, 0.05) is 42.5 Å². The average molecular weight is 449 g/mol. The summed E-state index contributed by atoms with van der Waals surface area (Å²) in [5.74, 6) is -0.500. The SMILES string of the molecule is O=C(N/N=C(\c1ccccc1)c1ccncc1)C1CCN(S(=O)(=O)c2ccccc2)CC1. The minimum Gasteiger partial charge on any atom is -0.273 e. The smallest absolute Gasteiger partial charge is 0.243 e. The number of rotatable bonds is 6. The van der Waals surface area contributed by atoms with Gasteiger partial charge in [-0.25, -0.2) is 13.8 Å². The molecule has 1 aliphatic heterocycles. The maximum Gasteiger partial charge on any atom is 0.243 e. The molecule has 8 heteroatoms. The molecule has 2 aromatic carbocycles. The van der Waals surface area contributed by atoms with Crippen molar-refractivity contribution in [2.24, 2.45) is 11.0 Å². The van der Waals surface area contributed by atoms with Crippen LogP contribution in [-0.2, 0) is 14.8 Å². The van der Waals surface area contributed by atoms with E-state index >= 15 is 0 Å². The number of hydrogen-bond donors (Lipinski definition) is 1. The molecule has 0 aliphatic carbocycles. The van der Waals surface area contributed by atoms with Crippen molar-refractivity contribution in [3.8, 4) is 0 Å². The quantitative estimate of drug-likeness (QED) is 0.463. The highest BCUT2D eigenvalue weighted by molar-refractivity contribution is 7.89. The molecule has 164 valence electrons. The number of hydrazone groups is 1. The molecule has 3 aromatic rings. The second kappa shape index (κ2) is 9.84. The third-order valence-corrected chi connectivity index (χ3v) is 7.40. The molecule has 1 fully saturated rings. The number of nitrogens with zero attached hydrogens (tertiary/aromatic N) is 3. The molecular formula is C24H24N4O3S. The summed E-state index contributed by atoms with van der Waals surface area (Å²) in [4.78, 5) is 17.1. The zero-order valence-corrected chi connectivity index (χ0v) is 18.3. The Hall–Kier alpha value is -3.36. The van der Waals surface area contributed by atoms with Crippen LogP contribution in [0.1, 0.15) is 24.0 Å². The molecule has 1 saturated heterocycles. The zero-order valence-electron chi connectivity index (χ0n) is 17.5. The number of hydrogen-bond acceptors (Lipinski definition) is 5. The van der Waals surface area contributed by atoms with Gasteiger partial charge in [0.2, 0.25) is 15.9 Å². The molecule has 32 heavy (non-hydrogen) atoms. The number of nitrogens with one attached hydrogen (secondary N) is 1. The molecule has 1 amide bonds. The third-order valence-electron chi connectivity index (χ3n) is 5.48. The normalized spacial score (nSPS) is 15.9. The van der Waals surface area contributed by atoms with Crippen LogP contribution < -0.4 is 5.43 Å². The van der Waals surface area contributed by atoms with Gasteiger partial charge < -0.3 is 0 Å². The molecule has 0 radical (unpaired) electrons. The van der Waals surface area contributed by atoms with Crippen molar-refractivity contribution in [1.29, 1.82) is 0 Å². The van der Waals surface area contributed by atoms with Crippen LogP contribution >= 0.6 is 0 Å². The summed E-state index contributed by atoms with van der Waals surface area (Å²) in [6, 6.07) is 21.7. The Balaban J connectivity index is 1.43. The number of carbonyl (C=O) groups excluding carboxylic acids is 1. The first-order valence-corrected chi connectivity index (χ1v) is 11.9. The summed E-state index contributed by atoms with van der Waals surface area (Å²) >= 11 is 0. The molecule has 0 atom stereocenters. The zero-order chi connectivity index (χ0) is 22.4. The lowest BCUT2D eigenvalue weighted by molar-refractivity contribution is -0.126. The second-order valence-corrected chi connectivity index (χ2v) is 9.47. The molecule has 0 bridgehead atoms. The fourth-order valence-corrected chi connectivity index (χ4v) is 5.19. The maximum absolute atomic E-state index is 12.8. The van der Waals surface area contributed by atoms with Crippen LogP contribution in [0.4, 0.5) is 0 Å². The van der Waals surface area contributed by atoms with E-state index < -0.39 is 10.0 Å². The number of carbonyl (C=O) groups is 1. The largest absolute Gasteiger partial charge is 0.273 e. The van der Waals surface area contributed by atoms with Crippen LogP contribution in [0.25, 0.3) is 0 Å². The summed E-state index contributed by atoms with van der Waals surface area (Å²) in [6.45, 7) is 0.601. The molecule has 0 spiro atoms. The van der Waals surface area contributed by atoms with E-state index in [1.165, 1.54) is 4.31 Å². The molecule has 0 saturated carbocycles. The van der Waals surface area contributed by atoms with Crippen molar-refractivity contribution in [2.75, 3.05) is 13.1 Å². The fourth-order valence-electron chi connectivity index (χ4n) is 3.70. The third kappa shape index (κ3) is 4.92. The molecular weight excluding hydrogens is 424 g/mol. The van der Waals surface area contributed by atoms with E-state index in [-0.39, 0.29) is 16.7 Å². The topological polar surface area (TPSA) is 91.7 Å². The second-order valence-electron chi connectivity index (χ2n) is 7.53. The van der Waals surface area contributed by atoms with Crippen LogP contribution in [0.5, 0.6) is 0 Å². The predicted molar refractivity (Wildman–Crippen MR) is 122 cm³/mol. The lowest BCUT2D eigenvalue weighted by Crippen LogP contribution is -2.42. The first-order valence-electron chi connectivity index (χ1n) is 10.4. The van der Waals surface area contributed by atoms with Gasteiger partial charge in [-0.15, -0.1) is 0 Å². The highest BCUT2D eigenvalue weighted by Crippen LogP contribution is 2.24. The van der Waals surface area contributed by atoms with Gasteiger partial charge in [-0.1, -0.05) is 48.5 Å². The molecule has 1 aromatic heterocycles. The highest BCUT2D eigenvalue weighted by atomic mass is 32.2. The van der Waals surface area contributed by atoms with Gasteiger partial charge >= 0.3 is 0 Å². The number of pyridine rings is 1. The lowest BCUT2D eigenvalue weighted by Gasteiger charge is -2.30. The van der Waals surface area contributed by atoms with Crippen molar-refractivity contribution in [2.45, 2.75) is 17.7 Å². The summed E-state index contributed by atoms with van der Waals surface area (Å²) in [6.07, 6.45) is 4.25. The van der Waals surface area contributed by atoms with Gasteiger partial charge in [-0.3, -0.25) is 9.78 Å². The number of benzene rings is 2. The minimum atomic E-state index is -3.54. The first-order chi connectivity index (χ1) is 15.6. The van der Waals surface area contributed by atoms with Crippen molar-refractivity contribution in [1.82, 2.24) is 14.7 Å². The Morgan fingerprint density at radius 2 is 1.44 bits per heavy atom. The molecule has 7 nitrogen and oxygen atoms in total. The van der Waals surface area contributed by atoms with Gasteiger partial charge in [0.25, 0.3) is 0 Å². The highest BCUT2D eigenvalue weighted by Gasteiger charge is 2.32. The summed E-state index contributed by atoms with van der Waals surface area (Å²) in [5.41, 5.74) is 5.06. The summed E-state index contributed by atoms with van der Waals surface area (Å²) in [7, 11) is -3.54. The molecule has 2 heterocycles. The average Bonchev–Trinajstić information content (AvgIpc) is 2.86. The van der Waals surface area contributed by atoms with E-state index in [9.17, 15) is 13.2 Å². The van der Waals surface area contributed by atoms with E-state index in [1.54, 1.807) is 42.7 Å². The Bertz CT molecular complexity index is 1130. The summed E-state index contributed by atoms with van der Waals surface area (Å²) in [5, 5.41) is 4.41. The molecule has 4 rings (SSSR count). The van der Waals surface area contributed by atoms with Crippen molar-refractivity contribution in [3.63, 3.8) is 0 Å². The summed E-state index contributed by atoms with van der Waals surface area (Å²) < 4.78 is 27.0. The van der Waals surface area contributed by atoms with Gasteiger partial charge in [-0.2, -0.15) is 9.41 Å². The first kappa shape index (κ1) is 21.9. The van der Waals surface area contributed by atoms with Crippen LogP contribution in [0.2, 0.25) is 0 Å². The van der Waals surface area contributed by atoms with E-state index in [2.05, 4.69) is 15.5 Å². The van der Waals surface area contributed by atoms with E-state index in [0.29, 0.717) is 31.6 Å². The van der Waals surface area contributed by atoms with Gasteiger partial charge in [0.1, 0.15) is 0 Å². The van der Waals surface area contributed by atoms with Crippen LogP contribution in [0, 0.1) is 5.92 Å². The van der Waals surface area contributed by atoms with Crippen LogP contribution in [0.15, 0.2) is 95.2 Å². The number of aromatic nitrogens is 1. The van der Waals surface area contributed by atoms with Gasteiger partial charge in [-0.05, 0) is 37.1 Å². The van der Waals surface area contributed by atoms with E-state index in [4.69, 9.17) is 0 Å². The maximum atomic E-state index is 12.8. The van der Waals surface area contributed by atoms with Crippen molar-refractivity contribution >= 4 is 21.6 Å². The van der Waals surface area contributed by atoms with E-state index in [1.807, 2.05) is 42.5 Å². The molecule has 1 aliphatic rings. The van der Waals surface area contributed by atoms with Crippen LogP contribution in [0.3, 0.4) is 0 Å². The molecule has 0 unspecified atom stereocenters. The Kier molecular flexibility index (Phi) is 6.72. The van der Waals surface area contributed by atoms with E-state index in [0.717, 1.165) is 11.1 Å². The predicted octanol–water partition coefficient (Wildman–Crippen LogP) is 3.05. The Morgan fingerprint density at radius 3 is 2.06 bits per heavy atom. The van der Waals surface area contributed by atoms with Crippen LogP contribution in [-0.4, -0.2) is 42.4 Å². The number of amides is 1. The minimum absolute atomic E-state index is 0.204. The van der Waals surface area contributed by atoms with Crippen molar-refractivity contribution < 1.29 is 13.2 Å². The lowest BCUT2D eigenvalue weighted by atomic mass is 9.97. The Morgan fingerprint density at radius 1 is 0.875 bits per heavy atom. The number of piperidine rings is 1. The van der Waals surface area contributed by atoms with Gasteiger partial charge in [0.15, 0.2) is 0 Å². The standard InChI is InChI=1S/C24H24N4O3S/c29-24(21-13-17-28(18-14-21)32(30,31)22-9-5-2-6-10-22)27-26-23(19-7-3-1-4-8-19)20-11-15-25-16-12-20/h1-12,15-16,21H,13-14,17-18H2,(H,27,29)/b26-23+. The number of sulfonamides is 1. The molecule has 1 N–H and O–H groups in total.